The van der Waals surface area contributed by atoms with Crippen LogP contribution in [-0.2, 0) is 26.0 Å². The van der Waals surface area contributed by atoms with E-state index in [9.17, 15) is 27.9 Å². The summed E-state index contributed by atoms with van der Waals surface area (Å²) in [5.41, 5.74) is 1.16. The summed E-state index contributed by atoms with van der Waals surface area (Å²) >= 11 is 13.4. The molecular formula is C22H23Cl2N3O6S2. The minimum Gasteiger partial charge on any atom is -0.480 e. The van der Waals surface area contributed by atoms with Crippen LogP contribution in [0.5, 0.6) is 0 Å². The van der Waals surface area contributed by atoms with Gasteiger partial charge in [0.15, 0.2) is 0 Å². The SMILES string of the molecule is CCS(=O)(=O)N1CSCC1C(=O)NC(Cc1ccc(NC(=O)c2c(Cl)cccc2Cl)cc1)C(=O)O. The first-order chi connectivity index (χ1) is 16.5. The van der Waals surface area contributed by atoms with E-state index in [2.05, 4.69) is 10.6 Å². The summed E-state index contributed by atoms with van der Waals surface area (Å²) in [6, 6.07) is 8.90. The third-order valence-corrected chi connectivity index (χ3v) is 8.96. The first-order valence-corrected chi connectivity index (χ1v) is 14.0. The minimum absolute atomic E-state index is 0.0357. The predicted octanol–water partition coefficient (Wildman–Crippen LogP) is 3.08. The number of benzene rings is 2. The van der Waals surface area contributed by atoms with Gasteiger partial charge in [-0.1, -0.05) is 41.4 Å². The van der Waals surface area contributed by atoms with Crippen LogP contribution < -0.4 is 10.6 Å². The molecule has 0 aliphatic carbocycles. The highest BCUT2D eigenvalue weighted by atomic mass is 35.5. The Labute approximate surface area is 217 Å². The number of carboxylic acid groups (broad SMARTS) is 1. The van der Waals surface area contributed by atoms with Crippen molar-refractivity contribution in [3.05, 3.63) is 63.6 Å². The van der Waals surface area contributed by atoms with Crippen LogP contribution in [0.3, 0.4) is 0 Å². The average Bonchev–Trinajstić information content (AvgIpc) is 3.31. The maximum Gasteiger partial charge on any atom is 0.326 e. The first kappa shape index (κ1) is 27.3. The lowest BCUT2D eigenvalue weighted by Gasteiger charge is -2.23. The van der Waals surface area contributed by atoms with Gasteiger partial charge in [0.1, 0.15) is 12.1 Å². The topological polar surface area (TPSA) is 133 Å². The second-order valence-electron chi connectivity index (χ2n) is 7.65. The van der Waals surface area contributed by atoms with E-state index in [4.69, 9.17) is 23.2 Å². The van der Waals surface area contributed by atoms with Gasteiger partial charge in [-0.15, -0.1) is 11.8 Å². The molecule has 0 spiro atoms. The highest BCUT2D eigenvalue weighted by molar-refractivity contribution is 8.00. The summed E-state index contributed by atoms with van der Waals surface area (Å²) in [7, 11) is -3.59. The maximum absolute atomic E-state index is 12.7. The molecule has 1 saturated heterocycles. The van der Waals surface area contributed by atoms with Crippen molar-refractivity contribution < 1.29 is 27.9 Å². The van der Waals surface area contributed by atoms with Crippen molar-refractivity contribution in [1.29, 1.82) is 0 Å². The molecule has 2 aromatic rings. The van der Waals surface area contributed by atoms with E-state index in [1.165, 1.54) is 18.7 Å². The molecule has 2 atom stereocenters. The molecule has 9 nitrogen and oxygen atoms in total. The number of carboxylic acids is 1. The van der Waals surface area contributed by atoms with Crippen LogP contribution in [0.1, 0.15) is 22.8 Å². The van der Waals surface area contributed by atoms with Crippen molar-refractivity contribution in [2.45, 2.75) is 25.4 Å². The van der Waals surface area contributed by atoms with E-state index in [1.54, 1.807) is 42.5 Å². The number of carbonyl (C=O) groups is 3. The van der Waals surface area contributed by atoms with Crippen molar-refractivity contribution in [2.75, 3.05) is 22.7 Å². The number of amides is 2. The Kier molecular flexibility index (Phi) is 9.05. The number of hydrogen-bond acceptors (Lipinski definition) is 6. The normalized spacial score (nSPS) is 17.1. The fourth-order valence-corrected chi connectivity index (χ4v) is 6.85. The number of nitrogens with zero attached hydrogens (tertiary/aromatic N) is 1. The van der Waals surface area contributed by atoms with Crippen LogP contribution in [0.2, 0.25) is 10.0 Å². The van der Waals surface area contributed by atoms with Gasteiger partial charge in [-0.3, -0.25) is 9.59 Å². The highest BCUT2D eigenvalue weighted by Gasteiger charge is 2.39. The summed E-state index contributed by atoms with van der Waals surface area (Å²) < 4.78 is 25.6. The molecule has 1 aliphatic rings. The van der Waals surface area contributed by atoms with E-state index in [0.717, 1.165) is 4.31 Å². The molecule has 0 saturated carbocycles. The van der Waals surface area contributed by atoms with Crippen LogP contribution in [-0.4, -0.2) is 65.1 Å². The van der Waals surface area contributed by atoms with E-state index in [-0.39, 0.29) is 39.4 Å². The van der Waals surface area contributed by atoms with Gasteiger partial charge < -0.3 is 15.7 Å². The molecule has 13 heteroatoms. The van der Waals surface area contributed by atoms with Gasteiger partial charge in [-0.2, -0.15) is 4.31 Å². The summed E-state index contributed by atoms with van der Waals surface area (Å²) in [4.78, 5) is 37.0. The molecule has 2 amide bonds. The second kappa shape index (κ2) is 11.6. The van der Waals surface area contributed by atoms with Gasteiger partial charge >= 0.3 is 5.97 Å². The molecule has 0 aromatic heterocycles. The standard InChI is InChI=1S/C22H23Cl2N3O6S2/c1-2-35(32,33)27-12-34-11-18(27)20(28)26-17(22(30)31)10-13-6-8-14(9-7-13)25-21(29)19-15(23)4-3-5-16(19)24/h3-9,17-18H,2,10-12H2,1H3,(H,25,29)(H,26,28)(H,30,31). The zero-order valence-corrected chi connectivity index (χ0v) is 21.7. The highest BCUT2D eigenvalue weighted by Crippen LogP contribution is 2.26. The van der Waals surface area contributed by atoms with Crippen molar-refractivity contribution >= 4 is 68.5 Å². The molecule has 0 bridgehead atoms. The van der Waals surface area contributed by atoms with Crippen LogP contribution in [0.15, 0.2) is 42.5 Å². The lowest BCUT2D eigenvalue weighted by Crippen LogP contribution is -2.52. The Morgan fingerprint density at radius 1 is 1.14 bits per heavy atom. The second-order valence-corrected chi connectivity index (χ2v) is 11.7. The molecule has 35 heavy (non-hydrogen) atoms. The van der Waals surface area contributed by atoms with Crippen molar-refractivity contribution in [1.82, 2.24) is 9.62 Å². The fourth-order valence-electron chi connectivity index (χ4n) is 3.41. The Morgan fingerprint density at radius 3 is 2.34 bits per heavy atom. The van der Waals surface area contributed by atoms with E-state index < -0.39 is 39.9 Å². The number of sulfonamides is 1. The maximum atomic E-state index is 12.7. The number of rotatable bonds is 9. The van der Waals surface area contributed by atoms with Crippen LogP contribution in [0.25, 0.3) is 0 Å². The number of anilines is 1. The number of thioether (sulfide) groups is 1. The minimum atomic E-state index is -3.59. The number of aliphatic carboxylic acids is 1. The number of halogens is 2. The van der Waals surface area contributed by atoms with Gasteiger partial charge in [0.05, 0.1) is 27.2 Å². The molecule has 2 aromatic carbocycles. The Balaban J connectivity index is 1.66. The quantitative estimate of drug-likeness (QED) is 0.429. The summed E-state index contributed by atoms with van der Waals surface area (Å²) in [5, 5.41) is 15.2. The van der Waals surface area contributed by atoms with Gasteiger partial charge in [-0.25, -0.2) is 13.2 Å². The third kappa shape index (κ3) is 6.68. The van der Waals surface area contributed by atoms with Gasteiger partial charge in [0, 0.05) is 17.9 Å². The number of hydrogen-bond donors (Lipinski definition) is 3. The summed E-state index contributed by atoms with van der Waals surface area (Å²) in [6.45, 7) is 1.49. The van der Waals surface area contributed by atoms with E-state index >= 15 is 0 Å². The van der Waals surface area contributed by atoms with Crippen LogP contribution in [0, 0.1) is 0 Å². The Bertz CT molecular complexity index is 1200. The van der Waals surface area contributed by atoms with Crippen molar-refractivity contribution in [2.24, 2.45) is 0 Å². The van der Waals surface area contributed by atoms with Gasteiger partial charge in [-0.05, 0) is 36.8 Å². The number of nitrogens with one attached hydrogen (secondary N) is 2. The van der Waals surface area contributed by atoms with Crippen LogP contribution >= 0.6 is 35.0 Å². The molecule has 1 heterocycles. The molecule has 3 N–H and O–H groups in total. The first-order valence-electron chi connectivity index (χ1n) is 10.5. The third-order valence-electron chi connectivity index (χ3n) is 5.32. The molecule has 3 rings (SSSR count). The van der Waals surface area contributed by atoms with E-state index in [1.807, 2.05) is 0 Å². The lowest BCUT2D eigenvalue weighted by atomic mass is 10.0. The molecule has 0 radical (unpaired) electrons. The zero-order valence-electron chi connectivity index (χ0n) is 18.5. The van der Waals surface area contributed by atoms with Crippen molar-refractivity contribution in [3.8, 4) is 0 Å². The van der Waals surface area contributed by atoms with Crippen LogP contribution in [0.4, 0.5) is 5.69 Å². The molecule has 1 aliphatic heterocycles. The Hall–Kier alpha value is -2.31. The molecule has 2 unspecified atom stereocenters. The lowest BCUT2D eigenvalue weighted by molar-refractivity contribution is -0.142. The van der Waals surface area contributed by atoms with Gasteiger partial charge in [0.2, 0.25) is 15.9 Å². The van der Waals surface area contributed by atoms with Crippen molar-refractivity contribution in [3.63, 3.8) is 0 Å². The average molecular weight is 560 g/mol. The number of carbonyl (C=O) groups excluding carboxylic acids is 2. The zero-order chi connectivity index (χ0) is 25.8. The summed E-state index contributed by atoms with van der Waals surface area (Å²) in [6.07, 6.45) is -0.0357. The largest absolute Gasteiger partial charge is 0.480 e. The fraction of sp³-hybridized carbons (Fsp3) is 0.318. The smallest absolute Gasteiger partial charge is 0.326 e. The summed E-state index contributed by atoms with van der Waals surface area (Å²) in [5.74, 6) is -2.14. The predicted molar refractivity (Wildman–Crippen MR) is 137 cm³/mol. The van der Waals surface area contributed by atoms with E-state index in [0.29, 0.717) is 11.3 Å². The molecule has 188 valence electrons. The molecular weight excluding hydrogens is 537 g/mol. The monoisotopic (exact) mass is 559 g/mol. The van der Waals surface area contributed by atoms with Gasteiger partial charge in [0.25, 0.3) is 5.91 Å². The molecule has 1 fully saturated rings. The Morgan fingerprint density at radius 2 is 1.77 bits per heavy atom.